The third kappa shape index (κ3) is 2.87. The molecule has 0 aliphatic heterocycles. The van der Waals surface area contributed by atoms with Gasteiger partial charge >= 0.3 is 0 Å². The van der Waals surface area contributed by atoms with E-state index in [-0.39, 0.29) is 11.7 Å². The van der Waals surface area contributed by atoms with Gasteiger partial charge in [0.25, 0.3) is 0 Å². The van der Waals surface area contributed by atoms with Crippen molar-refractivity contribution >= 4 is 40.7 Å². The van der Waals surface area contributed by atoms with Crippen LogP contribution in [0.2, 0.25) is 0 Å². The first kappa shape index (κ1) is 13.0. The van der Waals surface area contributed by atoms with Crippen molar-refractivity contribution in [1.29, 1.82) is 0 Å². The van der Waals surface area contributed by atoms with E-state index in [0.29, 0.717) is 18.4 Å². The highest BCUT2D eigenvalue weighted by Gasteiger charge is 2.43. The monoisotopic (exact) mass is 286 g/mol. The number of rotatable bonds is 3. The molecule has 1 aliphatic carbocycles. The lowest BCUT2D eigenvalue weighted by molar-refractivity contribution is -0.114. The molecule has 1 aromatic rings. The van der Waals surface area contributed by atoms with Crippen molar-refractivity contribution in [2.75, 3.05) is 0 Å². The van der Waals surface area contributed by atoms with Crippen molar-refractivity contribution in [2.45, 2.75) is 21.4 Å². The molecule has 4 heteroatoms. The summed E-state index contributed by atoms with van der Waals surface area (Å²) in [6.45, 7) is 3.79. The molecule has 1 saturated carbocycles. The summed E-state index contributed by atoms with van der Waals surface area (Å²) in [7, 11) is 0. The van der Waals surface area contributed by atoms with Crippen molar-refractivity contribution in [3.8, 4) is 0 Å². The quantitative estimate of drug-likeness (QED) is 0.464. The van der Waals surface area contributed by atoms with Gasteiger partial charge in [0.2, 0.25) is 0 Å². The Morgan fingerprint density at radius 1 is 1.29 bits per heavy atom. The highest BCUT2D eigenvalue weighted by molar-refractivity contribution is 8.03. The molecule has 2 rings (SSSR count). The van der Waals surface area contributed by atoms with Gasteiger partial charge in [-0.25, -0.2) is 0 Å². The van der Waals surface area contributed by atoms with Gasteiger partial charge in [-0.1, -0.05) is 59.7 Å². The van der Waals surface area contributed by atoms with E-state index in [1.54, 1.807) is 0 Å². The van der Waals surface area contributed by atoms with E-state index in [1.807, 2.05) is 30.3 Å². The zero-order valence-corrected chi connectivity index (χ0v) is 11.5. The van der Waals surface area contributed by atoms with Gasteiger partial charge in [0.05, 0.1) is 0 Å². The van der Waals surface area contributed by atoms with Gasteiger partial charge < -0.3 is 0 Å². The number of thioether (sulfide) groups is 1. The minimum absolute atomic E-state index is 0.0781. The number of hydrogen-bond donors (Lipinski definition) is 0. The zero-order valence-electron chi connectivity index (χ0n) is 9.16. The number of alkyl halides is 2. The van der Waals surface area contributed by atoms with Crippen LogP contribution in [0.1, 0.15) is 12.8 Å². The SMILES string of the molecule is C=C1C(=O)CCC1C(Cl)(Cl)Sc1ccccc1. The number of ketones is 1. The predicted octanol–water partition coefficient (Wildman–Crippen LogP) is 4.45. The van der Waals surface area contributed by atoms with Crippen LogP contribution in [0, 0.1) is 5.92 Å². The lowest BCUT2D eigenvalue weighted by Gasteiger charge is -2.26. The Labute approximate surface area is 115 Å². The fourth-order valence-corrected chi connectivity index (χ4v) is 3.92. The summed E-state index contributed by atoms with van der Waals surface area (Å²) >= 11 is 14.1. The van der Waals surface area contributed by atoms with Crippen LogP contribution in [-0.2, 0) is 4.79 Å². The lowest BCUT2D eigenvalue weighted by Crippen LogP contribution is -2.21. The highest BCUT2D eigenvalue weighted by atomic mass is 35.5. The second kappa shape index (κ2) is 5.05. The Morgan fingerprint density at radius 3 is 2.47 bits per heavy atom. The summed E-state index contributed by atoms with van der Waals surface area (Å²) in [4.78, 5) is 12.4. The molecule has 0 saturated heterocycles. The molecule has 0 N–H and O–H groups in total. The topological polar surface area (TPSA) is 17.1 Å². The summed E-state index contributed by atoms with van der Waals surface area (Å²) in [6, 6.07) is 9.70. The molecule has 1 aromatic carbocycles. The summed E-state index contributed by atoms with van der Waals surface area (Å²) in [5.74, 6) is -0.0853. The van der Waals surface area contributed by atoms with E-state index in [4.69, 9.17) is 23.2 Å². The smallest absolute Gasteiger partial charge is 0.174 e. The summed E-state index contributed by atoms with van der Waals surface area (Å²) in [5.41, 5.74) is 0.554. The van der Waals surface area contributed by atoms with Gasteiger partial charge in [0.15, 0.2) is 9.45 Å². The molecule has 17 heavy (non-hydrogen) atoms. The third-order valence-corrected chi connectivity index (χ3v) is 4.90. The van der Waals surface area contributed by atoms with Gasteiger partial charge in [-0.2, -0.15) is 0 Å². The van der Waals surface area contributed by atoms with Crippen LogP contribution in [0.3, 0.4) is 0 Å². The average molecular weight is 287 g/mol. The molecule has 0 heterocycles. The van der Waals surface area contributed by atoms with E-state index in [1.165, 1.54) is 11.8 Å². The maximum Gasteiger partial charge on any atom is 0.174 e. The highest BCUT2D eigenvalue weighted by Crippen LogP contribution is 2.52. The van der Waals surface area contributed by atoms with Crippen LogP contribution in [0.15, 0.2) is 47.4 Å². The van der Waals surface area contributed by atoms with E-state index >= 15 is 0 Å². The van der Waals surface area contributed by atoms with Crippen LogP contribution in [0.4, 0.5) is 0 Å². The Balaban J connectivity index is 2.14. The number of hydrogen-bond acceptors (Lipinski definition) is 2. The molecule has 0 radical (unpaired) electrons. The van der Waals surface area contributed by atoms with Crippen molar-refractivity contribution < 1.29 is 4.79 Å². The maximum absolute atomic E-state index is 11.5. The normalized spacial score (nSPS) is 20.9. The number of carbonyl (C=O) groups is 1. The number of Topliss-reactive ketones (excluding diaryl/α,β-unsaturated/α-hetero) is 1. The van der Waals surface area contributed by atoms with Crippen LogP contribution in [0.5, 0.6) is 0 Å². The molecule has 1 atom stereocenters. The Bertz CT molecular complexity index is 442. The van der Waals surface area contributed by atoms with Crippen molar-refractivity contribution in [1.82, 2.24) is 0 Å². The standard InChI is InChI=1S/C13H12Cl2OS/c1-9-11(7-8-12(9)16)13(14,15)17-10-5-3-2-4-6-10/h2-6,11H,1,7-8H2. The van der Waals surface area contributed by atoms with Crippen LogP contribution < -0.4 is 0 Å². The van der Waals surface area contributed by atoms with Crippen LogP contribution in [0.25, 0.3) is 0 Å². The zero-order chi connectivity index (χ0) is 12.5. The molecule has 0 bridgehead atoms. The van der Waals surface area contributed by atoms with Gasteiger partial charge in [-0.3, -0.25) is 4.79 Å². The van der Waals surface area contributed by atoms with Gasteiger partial charge in [0.1, 0.15) is 0 Å². The van der Waals surface area contributed by atoms with Crippen molar-refractivity contribution in [3.63, 3.8) is 0 Å². The first-order chi connectivity index (χ1) is 8.00. The van der Waals surface area contributed by atoms with Crippen molar-refractivity contribution in [2.24, 2.45) is 5.92 Å². The molecule has 90 valence electrons. The molecular weight excluding hydrogens is 275 g/mol. The first-order valence-electron chi connectivity index (χ1n) is 5.34. The fraction of sp³-hybridized carbons (Fsp3) is 0.308. The second-order valence-electron chi connectivity index (χ2n) is 4.02. The van der Waals surface area contributed by atoms with Crippen LogP contribution >= 0.6 is 35.0 Å². The Hall–Kier alpha value is -0.440. The number of benzene rings is 1. The Morgan fingerprint density at radius 2 is 1.94 bits per heavy atom. The molecule has 0 spiro atoms. The van der Waals surface area contributed by atoms with Crippen LogP contribution in [-0.4, -0.2) is 9.45 Å². The summed E-state index contributed by atoms with van der Waals surface area (Å²) < 4.78 is -1.02. The van der Waals surface area contributed by atoms with E-state index in [2.05, 4.69) is 6.58 Å². The molecule has 1 nitrogen and oxygen atoms in total. The third-order valence-electron chi connectivity index (χ3n) is 2.84. The molecule has 1 fully saturated rings. The minimum Gasteiger partial charge on any atom is -0.295 e. The second-order valence-corrected chi connectivity index (χ2v) is 7.17. The Kier molecular flexibility index (Phi) is 3.86. The number of allylic oxidation sites excluding steroid dienone is 1. The van der Waals surface area contributed by atoms with E-state index in [0.717, 1.165) is 4.90 Å². The lowest BCUT2D eigenvalue weighted by atomic mass is 10.1. The predicted molar refractivity (Wildman–Crippen MR) is 73.6 cm³/mol. The minimum atomic E-state index is -1.02. The maximum atomic E-state index is 11.5. The summed E-state index contributed by atoms with van der Waals surface area (Å²) in [5, 5.41) is 0. The first-order valence-corrected chi connectivity index (χ1v) is 6.92. The molecule has 1 aliphatic rings. The van der Waals surface area contributed by atoms with E-state index < -0.39 is 3.67 Å². The molecule has 1 unspecified atom stereocenters. The van der Waals surface area contributed by atoms with Gasteiger partial charge in [0, 0.05) is 17.2 Å². The van der Waals surface area contributed by atoms with E-state index in [9.17, 15) is 4.79 Å². The van der Waals surface area contributed by atoms with Crippen molar-refractivity contribution in [3.05, 3.63) is 42.5 Å². The average Bonchev–Trinajstić information content (AvgIpc) is 2.61. The molecule has 0 amide bonds. The van der Waals surface area contributed by atoms with Gasteiger partial charge in [-0.15, -0.1) is 0 Å². The van der Waals surface area contributed by atoms with Gasteiger partial charge in [-0.05, 0) is 24.1 Å². The molecular formula is C13H12Cl2OS. The fourth-order valence-electron chi connectivity index (χ4n) is 1.89. The number of halogens is 2. The largest absolute Gasteiger partial charge is 0.295 e. The molecule has 0 aromatic heterocycles. The number of carbonyl (C=O) groups excluding carboxylic acids is 1. The summed E-state index contributed by atoms with van der Waals surface area (Å²) in [6.07, 6.45) is 1.19.